The summed E-state index contributed by atoms with van der Waals surface area (Å²) in [5.41, 5.74) is 0. The van der Waals surface area contributed by atoms with Crippen LogP contribution in [0.15, 0.2) is 60.7 Å². The van der Waals surface area contributed by atoms with E-state index in [4.69, 9.17) is 16.3 Å². The van der Waals surface area contributed by atoms with E-state index in [1.165, 1.54) is 0 Å². The molecule has 0 aliphatic heterocycles. The van der Waals surface area contributed by atoms with Crippen molar-refractivity contribution in [2.45, 2.75) is 25.9 Å². The van der Waals surface area contributed by atoms with Gasteiger partial charge in [0.25, 0.3) is 0 Å². The van der Waals surface area contributed by atoms with Crippen LogP contribution in [0.25, 0.3) is 0 Å². The summed E-state index contributed by atoms with van der Waals surface area (Å²) in [6.45, 7) is 6.47. The van der Waals surface area contributed by atoms with E-state index in [0.717, 1.165) is 11.1 Å². The fourth-order valence-corrected chi connectivity index (χ4v) is 4.59. The van der Waals surface area contributed by atoms with E-state index in [9.17, 15) is 0 Å². The molecule has 0 aliphatic carbocycles. The van der Waals surface area contributed by atoms with Crippen molar-refractivity contribution >= 4 is 23.4 Å². The molecule has 2 aromatic rings. The molecule has 0 heterocycles. The summed E-state index contributed by atoms with van der Waals surface area (Å²) in [4.78, 5) is 0. The second-order valence-electron chi connectivity index (χ2n) is 5.46. The second-order valence-corrected chi connectivity index (χ2v) is 10.1. The van der Waals surface area contributed by atoms with Gasteiger partial charge in [-0.2, -0.15) is 0 Å². The fourth-order valence-electron chi connectivity index (χ4n) is 1.83. The van der Waals surface area contributed by atoms with Gasteiger partial charge in [-0.05, 0) is 23.9 Å². The quantitative estimate of drug-likeness (QED) is 0.765. The van der Waals surface area contributed by atoms with Crippen LogP contribution in [-0.4, -0.2) is 5.16 Å². The predicted octanol–water partition coefficient (Wildman–Crippen LogP) is 4.58. The average molecular weight is 290 g/mol. The molecule has 0 amide bonds. The van der Waals surface area contributed by atoms with E-state index < -0.39 is 6.26 Å². The van der Waals surface area contributed by atoms with E-state index in [2.05, 4.69) is 32.9 Å². The first-order valence-electron chi connectivity index (χ1n) is 6.34. The van der Waals surface area contributed by atoms with Gasteiger partial charge in [0.15, 0.2) is 0 Å². The van der Waals surface area contributed by atoms with Crippen LogP contribution in [-0.2, 0) is 11.8 Å². The molecule has 0 N–H and O–H groups in total. The third kappa shape index (κ3) is 3.08. The van der Waals surface area contributed by atoms with Crippen LogP contribution in [0.2, 0.25) is 0 Å². The van der Waals surface area contributed by atoms with Gasteiger partial charge in [-0.1, -0.05) is 69.3 Å². The zero-order chi connectivity index (χ0) is 13.9. The number of rotatable bonds is 3. The van der Waals surface area contributed by atoms with Crippen LogP contribution >= 0.6 is 6.26 Å². The van der Waals surface area contributed by atoms with Crippen molar-refractivity contribution in [2.24, 2.45) is 0 Å². The lowest BCUT2D eigenvalue weighted by atomic mass is 10.3. The van der Waals surface area contributed by atoms with Gasteiger partial charge in [0.1, 0.15) is 12.0 Å². The van der Waals surface area contributed by atoms with Gasteiger partial charge in [0.05, 0.1) is 0 Å². The molecule has 1 atom stereocenters. The minimum atomic E-state index is -2.14. The third-order valence-corrected chi connectivity index (χ3v) is 8.67. The van der Waals surface area contributed by atoms with Gasteiger partial charge >= 0.3 is 0 Å². The molecule has 2 rings (SSSR count). The number of hydrogen-bond donors (Lipinski definition) is 0. The molecule has 0 unspecified atom stereocenters. The first kappa shape index (κ1) is 14.3. The Morgan fingerprint density at radius 1 is 0.842 bits per heavy atom. The molecule has 0 spiro atoms. The molecule has 0 saturated carbocycles. The normalized spacial score (nSPS) is 14.7. The highest BCUT2D eigenvalue weighted by atomic mass is 32.4. The third-order valence-electron chi connectivity index (χ3n) is 2.96. The smallest absolute Gasteiger partial charge is 0.148 e. The summed E-state index contributed by atoms with van der Waals surface area (Å²) in [6, 6.07) is 20.1. The second kappa shape index (κ2) is 5.48. The van der Waals surface area contributed by atoms with Crippen LogP contribution < -0.4 is 9.83 Å². The van der Waals surface area contributed by atoms with Crippen molar-refractivity contribution in [2.75, 3.05) is 0 Å². The zero-order valence-corrected chi connectivity index (χ0v) is 13.2. The van der Waals surface area contributed by atoms with Crippen molar-refractivity contribution in [1.29, 1.82) is 0 Å². The lowest BCUT2D eigenvalue weighted by Gasteiger charge is -2.35. The maximum atomic E-state index is 6.28. The molecule has 0 saturated heterocycles. The minimum Gasteiger partial charge on any atom is -0.462 e. The van der Waals surface area contributed by atoms with Crippen molar-refractivity contribution in [3.63, 3.8) is 0 Å². The Morgan fingerprint density at radius 3 is 1.79 bits per heavy atom. The first-order chi connectivity index (χ1) is 8.93. The Balaban J connectivity index is 2.46. The summed E-state index contributed by atoms with van der Waals surface area (Å²) in [5, 5.41) is 1.04. The largest absolute Gasteiger partial charge is 0.462 e. The SMILES string of the molecule is CC(C)(C)[P@](=S)(Oc1ccccc1)c1ccccc1. The Kier molecular flexibility index (Phi) is 4.13. The zero-order valence-electron chi connectivity index (χ0n) is 11.5. The fraction of sp³-hybridized carbons (Fsp3) is 0.250. The van der Waals surface area contributed by atoms with E-state index >= 15 is 0 Å². The summed E-state index contributed by atoms with van der Waals surface area (Å²) < 4.78 is 6.28. The Morgan fingerprint density at radius 2 is 1.32 bits per heavy atom. The number of benzene rings is 2. The number of para-hydroxylation sites is 1. The van der Waals surface area contributed by atoms with Crippen LogP contribution in [0.3, 0.4) is 0 Å². The van der Waals surface area contributed by atoms with Crippen LogP contribution in [0, 0.1) is 0 Å². The highest BCUT2D eigenvalue weighted by Gasteiger charge is 2.36. The highest BCUT2D eigenvalue weighted by Crippen LogP contribution is 2.57. The molecule has 100 valence electrons. The molecule has 0 aliphatic rings. The molecular formula is C16H19OPS. The summed E-state index contributed by atoms with van der Waals surface area (Å²) >= 11 is 5.98. The Hall–Kier alpha value is -1.11. The van der Waals surface area contributed by atoms with Crippen LogP contribution in [0.1, 0.15) is 20.8 Å². The molecule has 1 nitrogen and oxygen atoms in total. The van der Waals surface area contributed by atoms with Gasteiger partial charge < -0.3 is 4.52 Å². The summed E-state index contributed by atoms with van der Waals surface area (Å²) in [6.07, 6.45) is -2.14. The lowest BCUT2D eigenvalue weighted by Crippen LogP contribution is -2.26. The molecular weight excluding hydrogens is 271 g/mol. The monoisotopic (exact) mass is 290 g/mol. The maximum absolute atomic E-state index is 6.28. The number of hydrogen-bond acceptors (Lipinski definition) is 2. The average Bonchev–Trinajstić information content (AvgIpc) is 2.39. The molecule has 0 aromatic heterocycles. The molecule has 0 radical (unpaired) electrons. The van der Waals surface area contributed by atoms with E-state index in [0.29, 0.717) is 0 Å². The van der Waals surface area contributed by atoms with E-state index in [1.807, 2.05) is 48.5 Å². The van der Waals surface area contributed by atoms with Crippen LogP contribution in [0.4, 0.5) is 0 Å². The van der Waals surface area contributed by atoms with Crippen molar-refractivity contribution in [1.82, 2.24) is 0 Å². The van der Waals surface area contributed by atoms with Crippen molar-refractivity contribution in [3.8, 4) is 5.75 Å². The van der Waals surface area contributed by atoms with Gasteiger partial charge in [-0.25, -0.2) is 0 Å². The first-order valence-corrected chi connectivity index (χ1v) is 9.06. The topological polar surface area (TPSA) is 9.23 Å². The standard InChI is InChI=1S/C16H19OPS/c1-16(2,3)18(19,15-12-8-5-9-13-15)17-14-10-6-4-7-11-14/h4-13H,1-3H3/t18-/m0/s1. The predicted molar refractivity (Wildman–Crippen MR) is 87.2 cm³/mol. The molecule has 0 bridgehead atoms. The minimum absolute atomic E-state index is 0.0838. The van der Waals surface area contributed by atoms with Crippen molar-refractivity contribution < 1.29 is 4.52 Å². The Bertz CT molecular complexity index is 573. The highest BCUT2D eigenvalue weighted by molar-refractivity contribution is 8.16. The van der Waals surface area contributed by atoms with Gasteiger partial charge in [-0.15, -0.1) is 0 Å². The van der Waals surface area contributed by atoms with Gasteiger partial charge in [0.2, 0.25) is 0 Å². The van der Waals surface area contributed by atoms with Crippen LogP contribution in [0.5, 0.6) is 5.75 Å². The van der Waals surface area contributed by atoms with Gasteiger partial charge in [-0.3, -0.25) is 0 Å². The van der Waals surface area contributed by atoms with Gasteiger partial charge in [0, 0.05) is 10.5 Å². The molecule has 3 heteroatoms. The molecule has 19 heavy (non-hydrogen) atoms. The van der Waals surface area contributed by atoms with Crippen molar-refractivity contribution in [3.05, 3.63) is 60.7 Å². The summed E-state index contributed by atoms with van der Waals surface area (Å²) in [7, 11) is 0. The maximum Gasteiger partial charge on any atom is 0.148 e. The molecule has 2 aromatic carbocycles. The Labute approximate surface area is 120 Å². The summed E-state index contributed by atoms with van der Waals surface area (Å²) in [5.74, 6) is 0.851. The lowest BCUT2D eigenvalue weighted by molar-refractivity contribution is 0.581. The molecule has 0 fully saturated rings. The van der Waals surface area contributed by atoms with E-state index in [1.54, 1.807) is 0 Å². The van der Waals surface area contributed by atoms with E-state index in [-0.39, 0.29) is 5.16 Å².